The maximum Gasteiger partial charge on any atom is 0.290 e. The van der Waals surface area contributed by atoms with Crippen LogP contribution in [-0.2, 0) is 13.1 Å². The number of carbonyl (C=O) groups is 1. The van der Waals surface area contributed by atoms with Crippen LogP contribution in [0, 0.1) is 0 Å². The predicted molar refractivity (Wildman–Crippen MR) is 108 cm³/mol. The van der Waals surface area contributed by atoms with Gasteiger partial charge in [0.15, 0.2) is 16.5 Å². The van der Waals surface area contributed by atoms with Crippen molar-refractivity contribution in [3.63, 3.8) is 0 Å². The average molecular weight is 404 g/mol. The van der Waals surface area contributed by atoms with Gasteiger partial charge in [-0.05, 0) is 48.5 Å². The second-order valence-electron chi connectivity index (χ2n) is 6.47. The monoisotopic (exact) mass is 404 g/mol. The van der Waals surface area contributed by atoms with Gasteiger partial charge in [0.25, 0.3) is 5.91 Å². The third-order valence-corrected chi connectivity index (χ3v) is 5.51. The fraction of sp³-hybridized carbons (Fsp3) is 0.0909. The minimum absolute atomic E-state index is 0.245. The standard InChI is InChI=1S/C22H16N2O4S/c25-22(24(13-15-5-3-11-26-15)14-16-6-4-12-27-16)19-10-9-18(28-19)21-23-17-7-1-2-8-20(17)29-21/h1-12H,13-14H2. The molecule has 0 radical (unpaired) electrons. The van der Waals surface area contributed by atoms with Gasteiger partial charge in [0.2, 0.25) is 0 Å². The molecule has 0 aliphatic rings. The summed E-state index contributed by atoms with van der Waals surface area (Å²) in [4.78, 5) is 19.4. The summed E-state index contributed by atoms with van der Waals surface area (Å²) in [5.41, 5.74) is 0.911. The minimum Gasteiger partial charge on any atom is -0.467 e. The van der Waals surface area contributed by atoms with Crippen molar-refractivity contribution in [2.75, 3.05) is 0 Å². The molecule has 7 heteroatoms. The Hall–Kier alpha value is -3.58. The van der Waals surface area contributed by atoms with E-state index in [1.165, 1.54) is 11.3 Å². The lowest BCUT2D eigenvalue weighted by atomic mass is 10.3. The van der Waals surface area contributed by atoms with Crippen molar-refractivity contribution in [2.24, 2.45) is 0 Å². The first-order chi connectivity index (χ1) is 14.3. The molecule has 144 valence electrons. The zero-order valence-electron chi connectivity index (χ0n) is 15.3. The van der Waals surface area contributed by atoms with Crippen LogP contribution < -0.4 is 0 Å². The van der Waals surface area contributed by atoms with Crippen LogP contribution in [0.25, 0.3) is 21.0 Å². The maximum absolute atomic E-state index is 13.1. The summed E-state index contributed by atoms with van der Waals surface area (Å²) >= 11 is 1.53. The van der Waals surface area contributed by atoms with Crippen molar-refractivity contribution in [3.05, 3.63) is 90.5 Å². The molecule has 0 unspecified atom stereocenters. The number of hydrogen-bond acceptors (Lipinski definition) is 6. The van der Waals surface area contributed by atoms with E-state index in [1.54, 1.807) is 41.7 Å². The van der Waals surface area contributed by atoms with Crippen molar-refractivity contribution in [1.82, 2.24) is 9.88 Å². The van der Waals surface area contributed by atoms with Crippen LogP contribution >= 0.6 is 11.3 Å². The molecule has 0 bridgehead atoms. The van der Waals surface area contributed by atoms with Crippen molar-refractivity contribution in [2.45, 2.75) is 13.1 Å². The Bertz CT molecular complexity index is 1170. The predicted octanol–water partition coefficient (Wildman–Crippen LogP) is 5.58. The number of carbonyl (C=O) groups excluding carboxylic acids is 1. The molecule has 5 rings (SSSR count). The van der Waals surface area contributed by atoms with E-state index in [1.807, 2.05) is 36.4 Å². The average Bonchev–Trinajstić information content (AvgIpc) is 3.54. The molecule has 5 aromatic rings. The molecule has 0 spiro atoms. The van der Waals surface area contributed by atoms with E-state index < -0.39 is 0 Å². The first-order valence-corrected chi connectivity index (χ1v) is 9.88. The lowest BCUT2D eigenvalue weighted by Gasteiger charge is -2.19. The summed E-state index contributed by atoms with van der Waals surface area (Å²) in [5.74, 6) is 1.94. The maximum atomic E-state index is 13.1. The summed E-state index contributed by atoms with van der Waals surface area (Å²) < 4.78 is 17.8. The fourth-order valence-corrected chi connectivity index (χ4v) is 4.01. The van der Waals surface area contributed by atoms with Gasteiger partial charge in [0.05, 0.1) is 35.8 Å². The van der Waals surface area contributed by atoms with Gasteiger partial charge in [-0.3, -0.25) is 4.79 Å². The number of rotatable bonds is 6. The third-order valence-electron chi connectivity index (χ3n) is 4.46. The van der Waals surface area contributed by atoms with E-state index in [0.29, 0.717) is 30.4 Å². The zero-order valence-corrected chi connectivity index (χ0v) is 16.1. The Balaban J connectivity index is 1.42. The number of aromatic nitrogens is 1. The van der Waals surface area contributed by atoms with Gasteiger partial charge in [-0.15, -0.1) is 11.3 Å². The number of furan rings is 3. The van der Waals surface area contributed by atoms with Crippen LogP contribution in [-0.4, -0.2) is 15.8 Å². The van der Waals surface area contributed by atoms with Crippen LogP contribution in [0.2, 0.25) is 0 Å². The molecule has 1 amide bonds. The Morgan fingerprint density at radius 2 is 1.62 bits per heavy atom. The molecule has 0 atom stereocenters. The molecular formula is C22H16N2O4S. The summed E-state index contributed by atoms with van der Waals surface area (Å²) in [6.45, 7) is 0.618. The number of hydrogen-bond donors (Lipinski definition) is 0. The summed E-state index contributed by atoms with van der Waals surface area (Å²) in [6.07, 6.45) is 3.17. The van der Waals surface area contributed by atoms with Crippen molar-refractivity contribution >= 4 is 27.5 Å². The van der Waals surface area contributed by atoms with E-state index in [4.69, 9.17) is 13.3 Å². The van der Waals surface area contributed by atoms with E-state index >= 15 is 0 Å². The van der Waals surface area contributed by atoms with Crippen molar-refractivity contribution in [3.8, 4) is 10.8 Å². The highest BCUT2D eigenvalue weighted by Gasteiger charge is 2.23. The van der Waals surface area contributed by atoms with Gasteiger partial charge in [-0.2, -0.15) is 0 Å². The van der Waals surface area contributed by atoms with Gasteiger partial charge < -0.3 is 18.2 Å². The molecule has 0 saturated heterocycles. The quantitative estimate of drug-likeness (QED) is 0.369. The van der Waals surface area contributed by atoms with Crippen molar-refractivity contribution in [1.29, 1.82) is 0 Å². The molecule has 0 fully saturated rings. The first-order valence-electron chi connectivity index (χ1n) is 9.06. The number of para-hydroxylation sites is 1. The largest absolute Gasteiger partial charge is 0.467 e. The third kappa shape index (κ3) is 3.60. The van der Waals surface area contributed by atoms with Crippen LogP contribution in [0.4, 0.5) is 0 Å². The highest BCUT2D eigenvalue weighted by atomic mass is 32.1. The molecule has 0 aliphatic carbocycles. The van der Waals surface area contributed by atoms with Gasteiger partial charge in [0, 0.05) is 0 Å². The van der Waals surface area contributed by atoms with Crippen LogP contribution in [0.15, 0.2) is 86.4 Å². The lowest BCUT2D eigenvalue weighted by Crippen LogP contribution is -2.29. The first kappa shape index (κ1) is 17.5. The highest BCUT2D eigenvalue weighted by molar-refractivity contribution is 7.21. The second-order valence-corrected chi connectivity index (χ2v) is 7.50. The molecule has 6 nitrogen and oxygen atoms in total. The Morgan fingerprint density at radius 3 is 2.28 bits per heavy atom. The molecule has 4 heterocycles. The number of fused-ring (bicyclic) bond motifs is 1. The van der Waals surface area contributed by atoms with Crippen LogP contribution in [0.3, 0.4) is 0 Å². The molecule has 29 heavy (non-hydrogen) atoms. The lowest BCUT2D eigenvalue weighted by molar-refractivity contribution is 0.0673. The summed E-state index contributed by atoms with van der Waals surface area (Å²) in [6, 6.07) is 18.6. The molecule has 4 aromatic heterocycles. The van der Waals surface area contributed by atoms with Gasteiger partial charge in [0.1, 0.15) is 11.5 Å². The number of nitrogens with zero attached hydrogens (tertiary/aromatic N) is 2. The number of thiazole rings is 1. The highest BCUT2D eigenvalue weighted by Crippen LogP contribution is 2.31. The molecule has 0 aliphatic heterocycles. The minimum atomic E-state index is -0.245. The number of amides is 1. The van der Waals surface area contributed by atoms with E-state index in [0.717, 1.165) is 15.2 Å². The number of benzene rings is 1. The van der Waals surface area contributed by atoms with E-state index in [2.05, 4.69) is 4.98 Å². The second kappa shape index (κ2) is 7.44. The molecule has 0 saturated carbocycles. The van der Waals surface area contributed by atoms with Gasteiger partial charge >= 0.3 is 0 Å². The van der Waals surface area contributed by atoms with Gasteiger partial charge in [-0.25, -0.2) is 4.98 Å². The van der Waals surface area contributed by atoms with E-state index in [-0.39, 0.29) is 11.7 Å². The topological polar surface area (TPSA) is 72.6 Å². The fourth-order valence-electron chi connectivity index (χ4n) is 3.08. The van der Waals surface area contributed by atoms with Crippen LogP contribution in [0.5, 0.6) is 0 Å². The molecule has 0 N–H and O–H groups in total. The smallest absolute Gasteiger partial charge is 0.290 e. The summed E-state index contributed by atoms with van der Waals surface area (Å²) in [5, 5.41) is 0.744. The molecule has 1 aromatic carbocycles. The van der Waals surface area contributed by atoms with Gasteiger partial charge in [-0.1, -0.05) is 12.1 Å². The Kier molecular flexibility index (Phi) is 4.50. The van der Waals surface area contributed by atoms with Crippen molar-refractivity contribution < 1.29 is 18.0 Å². The zero-order chi connectivity index (χ0) is 19.6. The van der Waals surface area contributed by atoms with E-state index in [9.17, 15) is 4.79 Å². The Morgan fingerprint density at radius 1 is 0.897 bits per heavy atom. The summed E-state index contributed by atoms with van der Waals surface area (Å²) in [7, 11) is 0. The normalized spacial score (nSPS) is 11.2. The SMILES string of the molecule is O=C(c1ccc(-c2nc3ccccc3s2)o1)N(Cc1ccco1)Cc1ccco1. The molecular weight excluding hydrogens is 388 g/mol. The van der Waals surface area contributed by atoms with Crippen LogP contribution in [0.1, 0.15) is 22.1 Å². The Labute approximate surface area is 170 Å².